The number of nitrogens with zero attached hydrogens (tertiary/aromatic N) is 4. The molecule has 1 fully saturated rings. The van der Waals surface area contributed by atoms with Crippen molar-refractivity contribution in [3.05, 3.63) is 52.8 Å². The van der Waals surface area contributed by atoms with Crippen LogP contribution in [0.1, 0.15) is 24.7 Å². The molecule has 7 nitrogen and oxygen atoms in total. The number of ether oxygens (including phenoxy) is 1. The molecule has 176 valence electrons. The van der Waals surface area contributed by atoms with Crippen LogP contribution in [0.25, 0.3) is 11.0 Å². The number of imidazole rings is 1. The molecular weight excluding hydrogens is 438 g/mol. The molecule has 1 saturated heterocycles. The molecule has 0 bridgehead atoms. The van der Waals surface area contributed by atoms with Gasteiger partial charge in [0.25, 0.3) is 5.91 Å². The molecule has 0 saturated carbocycles. The van der Waals surface area contributed by atoms with E-state index in [1.54, 1.807) is 12.1 Å². The van der Waals surface area contributed by atoms with E-state index < -0.39 is 0 Å². The van der Waals surface area contributed by atoms with Crippen LogP contribution in [0, 0.1) is 6.92 Å². The minimum Gasteiger partial charge on any atom is -0.484 e. The maximum atomic E-state index is 12.4. The summed E-state index contributed by atoms with van der Waals surface area (Å²) in [6, 6.07) is 11.3. The fourth-order valence-electron chi connectivity index (χ4n) is 4.11. The van der Waals surface area contributed by atoms with Gasteiger partial charge in [-0.3, -0.25) is 9.69 Å². The van der Waals surface area contributed by atoms with Crippen molar-refractivity contribution in [2.45, 2.75) is 33.4 Å². The number of amides is 1. The zero-order chi connectivity index (χ0) is 23.4. The van der Waals surface area contributed by atoms with Crippen LogP contribution in [0.4, 0.5) is 5.69 Å². The van der Waals surface area contributed by atoms with Crippen molar-refractivity contribution >= 4 is 34.2 Å². The molecule has 0 spiro atoms. The molecule has 1 N–H and O–H groups in total. The van der Waals surface area contributed by atoms with Gasteiger partial charge in [0.2, 0.25) is 0 Å². The summed E-state index contributed by atoms with van der Waals surface area (Å²) in [6.07, 6.45) is 1.04. The Balaban J connectivity index is 1.44. The van der Waals surface area contributed by atoms with Crippen molar-refractivity contribution in [2.75, 3.05) is 45.2 Å². The molecule has 8 heteroatoms. The Morgan fingerprint density at radius 2 is 1.94 bits per heavy atom. The van der Waals surface area contributed by atoms with Gasteiger partial charge in [-0.15, -0.1) is 0 Å². The highest BCUT2D eigenvalue weighted by Gasteiger charge is 2.18. The maximum absolute atomic E-state index is 12.4. The predicted molar refractivity (Wildman–Crippen MR) is 133 cm³/mol. The molecule has 1 amide bonds. The highest BCUT2D eigenvalue weighted by molar-refractivity contribution is 6.31. The number of fused-ring (bicyclic) bond motifs is 1. The molecule has 33 heavy (non-hydrogen) atoms. The molecule has 0 atom stereocenters. The van der Waals surface area contributed by atoms with Crippen LogP contribution in [0.3, 0.4) is 0 Å². The molecule has 4 rings (SSSR count). The molecule has 1 aliphatic rings. The Hall–Kier alpha value is -2.61. The van der Waals surface area contributed by atoms with E-state index in [1.807, 2.05) is 31.2 Å². The number of likely N-dealkylation sites (N-methyl/N-ethyl adjacent to an activating group) is 1. The summed E-state index contributed by atoms with van der Waals surface area (Å²) in [6.45, 7) is 10.1. The summed E-state index contributed by atoms with van der Waals surface area (Å²) in [5, 5.41) is 3.60. The number of aromatic nitrogens is 2. The third kappa shape index (κ3) is 5.85. The van der Waals surface area contributed by atoms with Gasteiger partial charge in [-0.2, -0.15) is 0 Å². The average Bonchev–Trinajstić information content (AvgIpc) is 3.12. The fourth-order valence-corrected chi connectivity index (χ4v) is 4.23. The summed E-state index contributed by atoms with van der Waals surface area (Å²) in [4.78, 5) is 22.2. The molecule has 2 aromatic carbocycles. The smallest absolute Gasteiger partial charge is 0.262 e. The van der Waals surface area contributed by atoms with Gasteiger partial charge in [-0.25, -0.2) is 4.98 Å². The van der Waals surface area contributed by atoms with E-state index >= 15 is 0 Å². The Kier molecular flexibility index (Phi) is 7.53. The molecule has 0 aliphatic carbocycles. The van der Waals surface area contributed by atoms with Gasteiger partial charge in [0.05, 0.1) is 17.6 Å². The lowest BCUT2D eigenvalue weighted by Gasteiger charge is -2.32. The Bertz CT molecular complexity index is 1120. The summed E-state index contributed by atoms with van der Waals surface area (Å²) >= 11 is 6.04. The Morgan fingerprint density at radius 3 is 2.67 bits per heavy atom. The van der Waals surface area contributed by atoms with Crippen molar-refractivity contribution in [2.24, 2.45) is 0 Å². The molecule has 0 unspecified atom stereocenters. The Morgan fingerprint density at radius 1 is 1.15 bits per heavy atom. The first-order valence-electron chi connectivity index (χ1n) is 11.5. The highest BCUT2D eigenvalue weighted by Crippen LogP contribution is 2.23. The Labute approximate surface area is 200 Å². The number of carbonyl (C=O) groups is 1. The number of benzene rings is 2. The number of nitrogens with one attached hydrogen (secondary N) is 1. The molecule has 0 radical (unpaired) electrons. The topological polar surface area (TPSA) is 62.6 Å². The van der Waals surface area contributed by atoms with Gasteiger partial charge in [0, 0.05) is 43.4 Å². The third-order valence-electron chi connectivity index (χ3n) is 6.02. The molecular formula is C25H32ClN5O2. The zero-order valence-electron chi connectivity index (χ0n) is 19.6. The number of hydrogen-bond donors (Lipinski definition) is 1. The fraction of sp³-hybridized carbons (Fsp3) is 0.440. The zero-order valence-corrected chi connectivity index (χ0v) is 20.4. The average molecular weight is 470 g/mol. The van der Waals surface area contributed by atoms with E-state index in [-0.39, 0.29) is 12.5 Å². The largest absolute Gasteiger partial charge is 0.484 e. The summed E-state index contributed by atoms with van der Waals surface area (Å²) < 4.78 is 7.92. The van der Waals surface area contributed by atoms with E-state index in [0.29, 0.717) is 10.8 Å². The first kappa shape index (κ1) is 23.5. The first-order chi connectivity index (χ1) is 15.9. The van der Waals surface area contributed by atoms with Crippen molar-refractivity contribution < 1.29 is 9.53 Å². The van der Waals surface area contributed by atoms with Gasteiger partial charge in [0.1, 0.15) is 11.6 Å². The van der Waals surface area contributed by atoms with Gasteiger partial charge < -0.3 is 19.5 Å². The standard InChI is InChI=1S/C25H32ClN5O2/c1-4-9-31-23-8-5-19(27-25(32)17-33-20-6-7-21(26)18(2)14-20)15-22(23)28-24(31)16-30-12-10-29(3)11-13-30/h5-8,14-15H,4,9-13,16-17H2,1-3H3,(H,27,32). The summed E-state index contributed by atoms with van der Waals surface area (Å²) in [7, 11) is 2.17. The number of hydrogen-bond acceptors (Lipinski definition) is 5. The number of halogens is 1. The van der Waals surface area contributed by atoms with E-state index in [0.717, 1.165) is 73.8 Å². The van der Waals surface area contributed by atoms with E-state index in [4.69, 9.17) is 21.3 Å². The lowest BCUT2D eigenvalue weighted by Crippen LogP contribution is -2.44. The highest BCUT2D eigenvalue weighted by atomic mass is 35.5. The van der Waals surface area contributed by atoms with Gasteiger partial charge in [0.15, 0.2) is 6.61 Å². The summed E-state index contributed by atoms with van der Waals surface area (Å²) in [5.41, 5.74) is 3.64. The monoisotopic (exact) mass is 469 g/mol. The predicted octanol–water partition coefficient (Wildman–Crippen LogP) is 4.17. The SMILES string of the molecule is CCCn1c(CN2CCN(C)CC2)nc2cc(NC(=O)COc3ccc(Cl)c(C)c3)ccc21. The molecule has 1 aliphatic heterocycles. The van der Waals surface area contributed by atoms with Crippen LogP contribution in [0.15, 0.2) is 36.4 Å². The van der Waals surface area contributed by atoms with Crippen LogP contribution in [-0.2, 0) is 17.9 Å². The number of carbonyl (C=O) groups excluding carboxylic acids is 1. The van der Waals surface area contributed by atoms with E-state index in [1.165, 1.54) is 0 Å². The second-order valence-electron chi connectivity index (χ2n) is 8.71. The van der Waals surface area contributed by atoms with Crippen LogP contribution in [0.2, 0.25) is 5.02 Å². The van der Waals surface area contributed by atoms with Crippen LogP contribution >= 0.6 is 11.6 Å². The normalized spacial score (nSPS) is 15.2. The quantitative estimate of drug-likeness (QED) is 0.536. The van der Waals surface area contributed by atoms with E-state index in [9.17, 15) is 4.79 Å². The lowest BCUT2D eigenvalue weighted by atomic mass is 10.2. The number of anilines is 1. The van der Waals surface area contributed by atoms with Crippen LogP contribution < -0.4 is 10.1 Å². The van der Waals surface area contributed by atoms with Gasteiger partial charge in [-0.1, -0.05) is 18.5 Å². The minimum absolute atomic E-state index is 0.0714. The molecule has 2 heterocycles. The van der Waals surface area contributed by atoms with Gasteiger partial charge in [-0.05, 0) is 62.4 Å². The van der Waals surface area contributed by atoms with E-state index in [2.05, 4.69) is 33.7 Å². The maximum Gasteiger partial charge on any atom is 0.262 e. The second kappa shape index (κ2) is 10.5. The number of rotatable bonds is 8. The summed E-state index contributed by atoms with van der Waals surface area (Å²) in [5.74, 6) is 1.49. The third-order valence-corrected chi connectivity index (χ3v) is 6.44. The van der Waals surface area contributed by atoms with Crippen molar-refractivity contribution in [1.29, 1.82) is 0 Å². The lowest BCUT2D eigenvalue weighted by molar-refractivity contribution is -0.118. The van der Waals surface area contributed by atoms with Crippen LogP contribution in [0.5, 0.6) is 5.75 Å². The second-order valence-corrected chi connectivity index (χ2v) is 9.12. The number of aryl methyl sites for hydroxylation is 2. The van der Waals surface area contributed by atoms with Crippen LogP contribution in [-0.4, -0.2) is 65.1 Å². The van der Waals surface area contributed by atoms with Crippen molar-refractivity contribution in [3.8, 4) is 5.75 Å². The van der Waals surface area contributed by atoms with Crippen molar-refractivity contribution in [3.63, 3.8) is 0 Å². The molecule has 1 aromatic heterocycles. The van der Waals surface area contributed by atoms with Gasteiger partial charge >= 0.3 is 0 Å². The van der Waals surface area contributed by atoms with Crippen molar-refractivity contribution in [1.82, 2.24) is 19.4 Å². The first-order valence-corrected chi connectivity index (χ1v) is 11.9. The number of piperazine rings is 1. The molecule has 3 aromatic rings. The minimum atomic E-state index is -0.215.